The zero-order chi connectivity index (χ0) is 27.4. The van der Waals surface area contributed by atoms with Gasteiger partial charge >= 0.3 is 12.0 Å². The molecule has 0 bridgehead atoms. The van der Waals surface area contributed by atoms with Crippen LogP contribution in [0.15, 0.2) is 36.4 Å². The molecule has 0 unspecified atom stereocenters. The predicted octanol–water partition coefficient (Wildman–Crippen LogP) is 5.43. The molecule has 0 spiro atoms. The molecule has 0 radical (unpaired) electrons. The van der Waals surface area contributed by atoms with Crippen molar-refractivity contribution in [2.45, 2.75) is 62.4 Å². The van der Waals surface area contributed by atoms with Gasteiger partial charge in [-0.05, 0) is 66.6 Å². The van der Waals surface area contributed by atoms with Crippen LogP contribution in [-0.2, 0) is 16.0 Å². The molecule has 1 N–H and O–H groups in total. The Hall–Kier alpha value is -3.52. The van der Waals surface area contributed by atoms with Crippen LogP contribution in [0.3, 0.4) is 0 Å². The second-order valence-electron chi connectivity index (χ2n) is 11.8. The van der Waals surface area contributed by atoms with E-state index in [0.29, 0.717) is 44.3 Å². The summed E-state index contributed by atoms with van der Waals surface area (Å²) in [6.45, 7) is 2.98. The van der Waals surface area contributed by atoms with Crippen LogP contribution in [-0.4, -0.2) is 67.5 Å². The van der Waals surface area contributed by atoms with E-state index in [9.17, 15) is 9.59 Å². The van der Waals surface area contributed by atoms with Crippen LogP contribution in [0, 0.1) is 0 Å². The number of esters is 1. The molecule has 3 heterocycles. The van der Waals surface area contributed by atoms with Gasteiger partial charge < -0.3 is 29.0 Å². The van der Waals surface area contributed by atoms with E-state index in [2.05, 4.69) is 28.1 Å². The van der Waals surface area contributed by atoms with Crippen molar-refractivity contribution in [1.82, 2.24) is 14.8 Å². The maximum absolute atomic E-state index is 13.5. The highest BCUT2D eigenvalue weighted by molar-refractivity contribution is 5.99. The Morgan fingerprint density at radius 2 is 1.82 bits per heavy atom. The maximum atomic E-state index is 13.5. The molecule has 4 aliphatic rings. The molecule has 2 aliphatic heterocycles. The topological polar surface area (TPSA) is 82.0 Å². The van der Waals surface area contributed by atoms with Gasteiger partial charge in [-0.15, -0.1) is 0 Å². The fourth-order valence-corrected chi connectivity index (χ4v) is 7.46. The number of nitrogens with zero attached hydrogens (tertiary/aromatic N) is 2. The molecule has 2 aliphatic carbocycles. The van der Waals surface area contributed by atoms with E-state index in [1.165, 1.54) is 67.0 Å². The van der Waals surface area contributed by atoms with Crippen molar-refractivity contribution in [3.63, 3.8) is 0 Å². The number of amides is 2. The first-order chi connectivity index (χ1) is 19.5. The van der Waals surface area contributed by atoms with Gasteiger partial charge in [-0.2, -0.15) is 0 Å². The van der Waals surface area contributed by atoms with Crippen molar-refractivity contribution in [3.05, 3.63) is 53.1 Å². The number of methoxy groups -OCH3 is 2. The van der Waals surface area contributed by atoms with Crippen LogP contribution in [0.5, 0.6) is 5.75 Å². The molecule has 3 aromatic rings. The standard InChI is InChI=1S/C32H37N3O5/c1-38-22-9-11-23-25(17-22)26-18-32(26,33-31(37)34-12-14-40-15-13-34)19-35-27-16-21(30(36)39-2)8-10-24(27)28(29(23)35)20-6-4-3-5-7-20/h8-11,16-17,20,26H,3-7,12-15,18-19H2,1-2H3,(H,33,37)/t26-,32-/m1/s1. The molecule has 1 saturated heterocycles. The summed E-state index contributed by atoms with van der Waals surface area (Å²) < 4.78 is 18.6. The van der Waals surface area contributed by atoms with E-state index in [1.807, 2.05) is 23.1 Å². The van der Waals surface area contributed by atoms with Crippen molar-refractivity contribution in [2.75, 3.05) is 40.5 Å². The molecule has 8 nitrogen and oxygen atoms in total. The number of aromatic nitrogens is 1. The molecule has 210 valence electrons. The van der Waals surface area contributed by atoms with Crippen molar-refractivity contribution >= 4 is 22.9 Å². The van der Waals surface area contributed by atoms with E-state index in [-0.39, 0.29) is 17.9 Å². The number of benzene rings is 2. The summed E-state index contributed by atoms with van der Waals surface area (Å²) in [6, 6.07) is 12.4. The van der Waals surface area contributed by atoms with E-state index in [0.717, 1.165) is 17.7 Å². The number of carbonyl (C=O) groups is 2. The first-order valence-corrected chi connectivity index (χ1v) is 14.6. The zero-order valence-corrected chi connectivity index (χ0v) is 23.3. The van der Waals surface area contributed by atoms with Crippen LogP contribution < -0.4 is 10.1 Å². The minimum Gasteiger partial charge on any atom is -0.497 e. The van der Waals surface area contributed by atoms with Crippen molar-refractivity contribution < 1.29 is 23.8 Å². The second-order valence-corrected chi connectivity index (χ2v) is 11.8. The predicted molar refractivity (Wildman–Crippen MR) is 152 cm³/mol. The Kier molecular flexibility index (Phi) is 6.26. The average molecular weight is 544 g/mol. The normalized spacial score (nSPS) is 23.9. The molecule has 40 heavy (non-hydrogen) atoms. The third kappa shape index (κ3) is 4.07. The monoisotopic (exact) mass is 543 g/mol. The highest BCUT2D eigenvalue weighted by Gasteiger charge is 2.59. The maximum Gasteiger partial charge on any atom is 0.337 e. The van der Waals surface area contributed by atoms with Crippen LogP contribution in [0.2, 0.25) is 0 Å². The van der Waals surface area contributed by atoms with Gasteiger partial charge in [0.1, 0.15) is 5.75 Å². The number of ether oxygens (including phenoxy) is 3. The Bertz CT molecular complexity index is 1480. The highest BCUT2D eigenvalue weighted by atomic mass is 16.5. The van der Waals surface area contributed by atoms with Crippen LogP contribution in [0.25, 0.3) is 22.2 Å². The zero-order valence-electron chi connectivity index (χ0n) is 23.3. The molecule has 1 aromatic heterocycles. The first kappa shape index (κ1) is 25.4. The van der Waals surface area contributed by atoms with Gasteiger partial charge in [0.05, 0.1) is 44.2 Å². The average Bonchev–Trinajstić information content (AvgIpc) is 3.64. The lowest BCUT2D eigenvalue weighted by Gasteiger charge is -2.30. The van der Waals surface area contributed by atoms with Gasteiger partial charge in [-0.3, -0.25) is 0 Å². The van der Waals surface area contributed by atoms with E-state index in [1.54, 1.807) is 7.11 Å². The number of fused-ring (bicyclic) bond motifs is 7. The molecular formula is C32H37N3O5. The fraction of sp³-hybridized carbons (Fsp3) is 0.500. The number of rotatable bonds is 4. The lowest BCUT2D eigenvalue weighted by atomic mass is 9.81. The second kappa shape index (κ2) is 9.84. The number of carbonyl (C=O) groups excluding carboxylic acids is 2. The summed E-state index contributed by atoms with van der Waals surface area (Å²) in [7, 11) is 3.13. The quantitative estimate of drug-likeness (QED) is 0.444. The number of hydrogen-bond acceptors (Lipinski definition) is 5. The lowest BCUT2D eigenvalue weighted by molar-refractivity contribution is 0.0520. The molecule has 2 saturated carbocycles. The van der Waals surface area contributed by atoms with Gasteiger partial charge in [0.2, 0.25) is 0 Å². The third-order valence-electron chi connectivity index (χ3n) is 9.60. The summed E-state index contributed by atoms with van der Waals surface area (Å²) in [5, 5.41) is 4.68. The molecule has 7 rings (SSSR count). The molecular weight excluding hydrogens is 506 g/mol. The smallest absolute Gasteiger partial charge is 0.337 e. The molecule has 2 amide bonds. The van der Waals surface area contributed by atoms with E-state index >= 15 is 0 Å². The van der Waals surface area contributed by atoms with Gasteiger partial charge in [0, 0.05) is 42.0 Å². The fourth-order valence-electron chi connectivity index (χ4n) is 7.46. The Morgan fingerprint density at radius 1 is 1.02 bits per heavy atom. The van der Waals surface area contributed by atoms with E-state index < -0.39 is 5.54 Å². The van der Waals surface area contributed by atoms with Crippen molar-refractivity contribution in [1.29, 1.82) is 0 Å². The summed E-state index contributed by atoms with van der Waals surface area (Å²) in [5.74, 6) is 1.13. The number of morpholine rings is 1. The van der Waals surface area contributed by atoms with Crippen LogP contribution in [0.4, 0.5) is 4.79 Å². The Balaban J connectivity index is 1.43. The third-order valence-corrected chi connectivity index (χ3v) is 9.60. The minimum atomic E-state index is -0.418. The minimum absolute atomic E-state index is 0.0297. The summed E-state index contributed by atoms with van der Waals surface area (Å²) in [4.78, 5) is 28.0. The number of hydrogen-bond donors (Lipinski definition) is 1. The van der Waals surface area contributed by atoms with Gasteiger partial charge in [0.25, 0.3) is 0 Å². The number of urea groups is 1. The largest absolute Gasteiger partial charge is 0.497 e. The Morgan fingerprint density at radius 3 is 2.58 bits per heavy atom. The number of nitrogens with one attached hydrogen (secondary N) is 1. The van der Waals surface area contributed by atoms with Crippen molar-refractivity contribution in [3.8, 4) is 17.0 Å². The Labute approximate surface area is 234 Å². The summed E-state index contributed by atoms with van der Waals surface area (Å²) in [6.07, 6.45) is 6.93. The summed E-state index contributed by atoms with van der Waals surface area (Å²) >= 11 is 0. The van der Waals surface area contributed by atoms with Crippen molar-refractivity contribution in [2.24, 2.45) is 0 Å². The SMILES string of the molecule is COC(=O)c1ccc2c(C3CCCCC3)c3n(c2c1)C[C@]1(NC(=O)N2CCOCC2)C[C@@H]1c1cc(OC)ccc1-3. The molecule has 2 atom stereocenters. The molecule has 3 fully saturated rings. The summed E-state index contributed by atoms with van der Waals surface area (Å²) in [5.41, 5.74) is 6.22. The highest BCUT2D eigenvalue weighted by Crippen LogP contribution is 2.60. The van der Waals surface area contributed by atoms with Gasteiger partial charge in [-0.25, -0.2) is 9.59 Å². The first-order valence-electron chi connectivity index (χ1n) is 14.6. The van der Waals surface area contributed by atoms with E-state index in [4.69, 9.17) is 14.2 Å². The lowest BCUT2D eigenvalue weighted by Crippen LogP contribution is -2.51. The molecule has 8 heteroatoms. The van der Waals surface area contributed by atoms with Crippen LogP contribution in [0.1, 0.15) is 71.8 Å². The van der Waals surface area contributed by atoms with Crippen LogP contribution >= 0.6 is 0 Å². The van der Waals surface area contributed by atoms with Gasteiger partial charge in [0.15, 0.2) is 0 Å². The molecule has 2 aromatic carbocycles. The van der Waals surface area contributed by atoms with Gasteiger partial charge in [-0.1, -0.05) is 25.3 Å².